The monoisotopic (exact) mass is 414 g/mol. The minimum atomic E-state index is 0.152. The van der Waals surface area contributed by atoms with E-state index in [4.69, 9.17) is 9.40 Å². The standard InChI is InChI=1S/C27H30N2O2/c1-16-5-17(2)7-21(6-16)26-29-23-11-22(3-4-24(23)31-26)28-25(30)15-27-12-18-8-19(13-27)10-20(9-18)14-27/h3-7,11,18-20H,8-10,12-15H2,1-2H3,(H,28,30). The highest BCUT2D eigenvalue weighted by atomic mass is 16.3. The molecule has 0 atom stereocenters. The second-order valence-electron chi connectivity index (χ2n) is 10.7. The predicted molar refractivity (Wildman–Crippen MR) is 123 cm³/mol. The van der Waals surface area contributed by atoms with Crippen LogP contribution in [0.4, 0.5) is 5.69 Å². The molecule has 0 radical (unpaired) electrons. The third-order valence-corrected chi connectivity index (χ3v) is 7.84. The summed E-state index contributed by atoms with van der Waals surface area (Å²) in [6, 6.07) is 12.1. The molecule has 4 aliphatic rings. The van der Waals surface area contributed by atoms with Crippen molar-refractivity contribution in [3.05, 3.63) is 47.5 Å². The zero-order valence-electron chi connectivity index (χ0n) is 18.4. The Hall–Kier alpha value is -2.62. The lowest BCUT2D eigenvalue weighted by Gasteiger charge is -2.56. The number of hydrogen-bond donors (Lipinski definition) is 1. The molecule has 4 bridgehead atoms. The van der Waals surface area contributed by atoms with Crippen molar-refractivity contribution < 1.29 is 9.21 Å². The Morgan fingerprint density at radius 1 is 1.00 bits per heavy atom. The van der Waals surface area contributed by atoms with Crippen LogP contribution in [-0.2, 0) is 4.79 Å². The average Bonchev–Trinajstić information content (AvgIpc) is 3.09. The maximum absolute atomic E-state index is 13.0. The summed E-state index contributed by atoms with van der Waals surface area (Å²) in [7, 11) is 0. The van der Waals surface area contributed by atoms with Crippen molar-refractivity contribution in [1.82, 2.24) is 4.98 Å². The Morgan fingerprint density at radius 3 is 2.29 bits per heavy atom. The summed E-state index contributed by atoms with van der Waals surface area (Å²) in [4.78, 5) is 17.7. The van der Waals surface area contributed by atoms with Crippen LogP contribution in [0.1, 0.15) is 56.1 Å². The first-order valence-electron chi connectivity index (χ1n) is 11.7. The lowest BCUT2D eigenvalue weighted by Crippen LogP contribution is -2.47. The molecule has 1 aromatic heterocycles. The van der Waals surface area contributed by atoms with Crippen LogP contribution >= 0.6 is 0 Å². The van der Waals surface area contributed by atoms with Gasteiger partial charge in [0.1, 0.15) is 5.52 Å². The molecule has 4 heteroatoms. The van der Waals surface area contributed by atoms with Gasteiger partial charge in [-0.25, -0.2) is 4.98 Å². The topological polar surface area (TPSA) is 55.1 Å². The van der Waals surface area contributed by atoms with Gasteiger partial charge in [0.2, 0.25) is 11.8 Å². The number of fused-ring (bicyclic) bond motifs is 1. The van der Waals surface area contributed by atoms with Gasteiger partial charge in [0.25, 0.3) is 0 Å². The molecule has 4 nitrogen and oxygen atoms in total. The molecular formula is C27H30N2O2. The van der Waals surface area contributed by atoms with Crippen LogP contribution in [0.2, 0.25) is 0 Å². The van der Waals surface area contributed by atoms with Crippen molar-refractivity contribution >= 4 is 22.7 Å². The Kier molecular flexibility index (Phi) is 4.28. The Labute approximate surface area is 183 Å². The predicted octanol–water partition coefficient (Wildman–Crippen LogP) is 6.66. The average molecular weight is 415 g/mol. The second kappa shape index (κ2) is 6.94. The van der Waals surface area contributed by atoms with Gasteiger partial charge in [-0.05, 0) is 106 Å². The van der Waals surface area contributed by atoms with Crippen LogP contribution in [0.5, 0.6) is 0 Å². The quantitative estimate of drug-likeness (QED) is 0.519. The fraction of sp³-hybridized carbons (Fsp3) is 0.481. The summed E-state index contributed by atoms with van der Waals surface area (Å²) in [5, 5.41) is 3.16. The maximum Gasteiger partial charge on any atom is 0.227 e. The zero-order chi connectivity index (χ0) is 21.2. The number of rotatable bonds is 4. The van der Waals surface area contributed by atoms with E-state index in [1.807, 2.05) is 18.2 Å². The molecule has 0 saturated heterocycles. The number of aromatic nitrogens is 1. The summed E-state index contributed by atoms with van der Waals surface area (Å²) >= 11 is 0. The minimum Gasteiger partial charge on any atom is -0.436 e. The fourth-order valence-corrected chi connectivity index (χ4v) is 7.28. The van der Waals surface area contributed by atoms with Crippen molar-refractivity contribution in [2.45, 2.75) is 58.8 Å². The van der Waals surface area contributed by atoms with Crippen molar-refractivity contribution in [2.75, 3.05) is 5.32 Å². The number of oxazole rings is 1. The number of carbonyl (C=O) groups excluding carboxylic acids is 1. The lowest BCUT2D eigenvalue weighted by atomic mass is 9.49. The molecule has 2 aromatic carbocycles. The second-order valence-corrected chi connectivity index (χ2v) is 10.7. The van der Waals surface area contributed by atoms with Gasteiger partial charge in [0.05, 0.1) is 0 Å². The van der Waals surface area contributed by atoms with Gasteiger partial charge in [0, 0.05) is 17.7 Å². The van der Waals surface area contributed by atoms with E-state index in [1.54, 1.807) is 0 Å². The molecule has 3 aromatic rings. The minimum absolute atomic E-state index is 0.152. The largest absolute Gasteiger partial charge is 0.436 e. The van der Waals surface area contributed by atoms with E-state index in [2.05, 4.69) is 37.4 Å². The van der Waals surface area contributed by atoms with Crippen molar-refractivity contribution in [1.29, 1.82) is 0 Å². The highest BCUT2D eigenvalue weighted by molar-refractivity contribution is 5.93. The van der Waals surface area contributed by atoms with Gasteiger partial charge in [-0.3, -0.25) is 4.79 Å². The number of amides is 1. The molecule has 160 valence electrons. The Morgan fingerprint density at radius 2 is 1.65 bits per heavy atom. The highest BCUT2D eigenvalue weighted by Gasteiger charge is 2.51. The van der Waals surface area contributed by atoms with Gasteiger partial charge >= 0.3 is 0 Å². The van der Waals surface area contributed by atoms with E-state index >= 15 is 0 Å². The summed E-state index contributed by atoms with van der Waals surface area (Å²) in [5.74, 6) is 3.39. The van der Waals surface area contributed by atoms with Gasteiger partial charge in [0.15, 0.2) is 5.58 Å². The molecule has 31 heavy (non-hydrogen) atoms. The van der Waals surface area contributed by atoms with Crippen molar-refractivity contribution in [3.63, 3.8) is 0 Å². The van der Waals surface area contributed by atoms with E-state index in [1.165, 1.54) is 49.7 Å². The van der Waals surface area contributed by atoms with E-state index in [9.17, 15) is 4.79 Å². The zero-order valence-corrected chi connectivity index (χ0v) is 18.4. The fourth-order valence-electron chi connectivity index (χ4n) is 7.28. The number of benzene rings is 2. The maximum atomic E-state index is 13.0. The molecular weight excluding hydrogens is 384 g/mol. The SMILES string of the molecule is Cc1cc(C)cc(-c2nc3cc(NC(=O)CC45CC6CC(CC(C6)C4)C5)ccc3o2)c1. The molecule has 4 aliphatic carbocycles. The normalized spacial score (nSPS) is 28.9. The van der Waals surface area contributed by atoms with Gasteiger partial charge < -0.3 is 9.73 Å². The van der Waals surface area contributed by atoms with Crippen molar-refractivity contribution in [2.24, 2.45) is 23.2 Å². The molecule has 4 fully saturated rings. The van der Waals surface area contributed by atoms with Crippen LogP contribution in [0.3, 0.4) is 0 Å². The Balaban J connectivity index is 1.20. The third kappa shape index (κ3) is 3.56. The van der Waals surface area contributed by atoms with Crippen LogP contribution in [-0.4, -0.2) is 10.9 Å². The number of nitrogens with zero attached hydrogens (tertiary/aromatic N) is 1. The van der Waals surface area contributed by atoms with Gasteiger partial charge in [-0.15, -0.1) is 0 Å². The van der Waals surface area contributed by atoms with Gasteiger partial charge in [-0.2, -0.15) is 0 Å². The van der Waals surface area contributed by atoms with Crippen LogP contribution in [0.25, 0.3) is 22.6 Å². The Bertz CT molecular complexity index is 1120. The van der Waals surface area contributed by atoms with E-state index < -0.39 is 0 Å². The first-order chi connectivity index (χ1) is 14.9. The number of nitrogens with one attached hydrogen (secondary N) is 1. The first-order valence-corrected chi connectivity index (χ1v) is 11.7. The smallest absolute Gasteiger partial charge is 0.227 e. The highest BCUT2D eigenvalue weighted by Crippen LogP contribution is 2.61. The molecule has 0 spiro atoms. The molecule has 4 saturated carbocycles. The van der Waals surface area contributed by atoms with Crippen LogP contribution in [0, 0.1) is 37.0 Å². The molecule has 7 rings (SSSR count). The van der Waals surface area contributed by atoms with Crippen LogP contribution in [0.15, 0.2) is 40.8 Å². The number of aryl methyl sites for hydroxylation is 2. The number of carbonyl (C=O) groups is 1. The summed E-state index contributed by atoms with van der Waals surface area (Å²) < 4.78 is 5.99. The summed E-state index contributed by atoms with van der Waals surface area (Å²) in [6.45, 7) is 4.16. The molecule has 0 unspecified atom stereocenters. The van der Waals surface area contributed by atoms with Gasteiger partial charge in [-0.1, -0.05) is 17.2 Å². The first kappa shape index (κ1) is 19.1. The molecule has 1 amide bonds. The number of hydrogen-bond acceptors (Lipinski definition) is 3. The van der Waals surface area contributed by atoms with Crippen molar-refractivity contribution in [3.8, 4) is 11.5 Å². The van der Waals surface area contributed by atoms with E-state index in [-0.39, 0.29) is 11.3 Å². The molecule has 0 aliphatic heterocycles. The van der Waals surface area contributed by atoms with Crippen LogP contribution < -0.4 is 5.32 Å². The van der Waals surface area contributed by atoms with E-state index in [0.29, 0.717) is 12.3 Å². The lowest BCUT2D eigenvalue weighted by molar-refractivity contribution is -0.124. The number of anilines is 1. The van der Waals surface area contributed by atoms with E-state index in [0.717, 1.165) is 40.1 Å². The summed E-state index contributed by atoms with van der Waals surface area (Å²) in [6.07, 6.45) is 8.67. The molecule has 1 heterocycles. The third-order valence-electron chi connectivity index (χ3n) is 7.84. The molecule has 1 N–H and O–H groups in total. The summed E-state index contributed by atoms with van der Waals surface area (Å²) in [5.41, 5.74) is 5.95.